The van der Waals surface area contributed by atoms with Gasteiger partial charge in [-0.2, -0.15) is 0 Å². The lowest BCUT2D eigenvalue weighted by Crippen LogP contribution is -2.47. The molecule has 2 heterocycles. The number of nitrogens with one attached hydrogen (secondary N) is 1. The van der Waals surface area contributed by atoms with E-state index in [2.05, 4.69) is 29.0 Å². The molecule has 2 saturated heterocycles. The molecule has 0 aromatic heterocycles. The van der Waals surface area contributed by atoms with E-state index in [0.717, 1.165) is 32.7 Å². The van der Waals surface area contributed by atoms with Crippen molar-refractivity contribution >= 4 is 5.91 Å². The Balaban J connectivity index is 1.83. The highest BCUT2D eigenvalue weighted by Crippen LogP contribution is 2.12. The van der Waals surface area contributed by atoms with Crippen molar-refractivity contribution in [2.75, 3.05) is 39.3 Å². The van der Waals surface area contributed by atoms with Gasteiger partial charge >= 0.3 is 0 Å². The summed E-state index contributed by atoms with van der Waals surface area (Å²) >= 11 is 0. The van der Waals surface area contributed by atoms with Crippen LogP contribution in [0.25, 0.3) is 0 Å². The highest BCUT2D eigenvalue weighted by Gasteiger charge is 2.23. The second kappa shape index (κ2) is 7.99. The Bertz CT molecular complexity index is 294. The second-order valence-corrected chi connectivity index (χ2v) is 6.82. The fourth-order valence-electron chi connectivity index (χ4n) is 3.38. The van der Waals surface area contributed by atoms with Crippen LogP contribution < -0.4 is 5.32 Å². The SMILES string of the molecule is CC(C)CN(CC(=O)N1CCCCC1)CC1CCCN1. The maximum Gasteiger partial charge on any atom is 0.236 e. The van der Waals surface area contributed by atoms with Gasteiger partial charge in [-0.25, -0.2) is 0 Å². The molecule has 2 fully saturated rings. The smallest absolute Gasteiger partial charge is 0.236 e. The number of carbonyl (C=O) groups is 1. The average molecular weight is 281 g/mol. The lowest BCUT2D eigenvalue weighted by atomic mass is 10.1. The highest BCUT2D eigenvalue weighted by atomic mass is 16.2. The maximum absolute atomic E-state index is 12.4. The summed E-state index contributed by atoms with van der Waals surface area (Å²) in [5.41, 5.74) is 0. The van der Waals surface area contributed by atoms with Crippen molar-refractivity contribution in [3.8, 4) is 0 Å². The van der Waals surface area contributed by atoms with Crippen LogP contribution in [-0.4, -0.2) is 61.0 Å². The van der Waals surface area contributed by atoms with Crippen LogP contribution in [0.1, 0.15) is 46.0 Å². The molecule has 0 aromatic carbocycles. The molecule has 2 rings (SSSR count). The first-order chi connectivity index (χ1) is 9.65. The van der Waals surface area contributed by atoms with Crippen molar-refractivity contribution in [2.24, 2.45) is 5.92 Å². The van der Waals surface area contributed by atoms with Gasteiger partial charge in [-0.15, -0.1) is 0 Å². The largest absolute Gasteiger partial charge is 0.342 e. The van der Waals surface area contributed by atoms with Crippen LogP contribution in [-0.2, 0) is 4.79 Å². The number of rotatable bonds is 6. The minimum absolute atomic E-state index is 0.336. The summed E-state index contributed by atoms with van der Waals surface area (Å²) in [5.74, 6) is 0.953. The number of carbonyl (C=O) groups excluding carboxylic acids is 1. The summed E-state index contributed by atoms with van der Waals surface area (Å²) in [7, 11) is 0. The van der Waals surface area contributed by atoms with Gasteiger partial charge in [0.15, 0.2) is 0 Å². The number of nitrogens with zero attached hydrogens (tertiary/aromatic N) is 2. The van der Waals surface area contributed by atoms with Crippen molar-refractivity contribution in [2.45, 2.75) is 52.0 Å². The zero-order valence-electron chi connectivity index (χ0n) is 13.2. The van der Waals surface area contributed by atoms with Crippen LogP contribution in [0, 0.1) is 5.92 Å². The first-order valence-corrected chi connectivity index (χ1v) is 8.38. The predicted molar refractivity (Wildman–Crippen MR) is 82.7 cm³/mol. The van der Waals surface area contributed by atoms with Crippen LogP contribution in [0.15, 0.2) is 0 Å². The molecular weight excluding hydrogens is 250 g/mol. The Morgan fingerprint density at radius 1 is 1.25 bits per heavy atom. The van der Waals surface area contributed by atoms with Crippen molar-refractivity contribution in [1.82, 2.24) is 15.1 Å². The van der Waals surface area contributed by atoms with Gasteiger partial charge < -0.3 is 10.2 Å². The van der Waals surface area contributed by atoms with Gasteiger partial charge in [-0.3, -0.25) is 9.69 Å². The topological polar surface area (TPSA) is 35.6 Å². The number of hydrogen-bond acceptors (Lipinski definition) is 3. The van der Waals surface area contributed by atoms with Crippen LogP contribution in [0.2, 0.25) is 0 Å². The quantitative estimate of drug-likeness (QED) is 0.805. The van der Waals surface area contributed by atoms with Gasteiger partial charge in [0, 0.05) is 32.2 Å². The van der Waals surface area contributed by atoms with Crippen LogP contribution in [0.4, 0.5) is 0 Å². The minimum atomic E-state index is 0.336. The predicted octanol–water partition coefficient (Wildman–Crippen LogP) is 1.71. The van der Waals surface area contributed by atoms with Gasteiger partial charge in [0.05, 0.1) is 6.54 Å². The number of amides is 1. The van der Waals surface area contributed by atoms with Gasteiger partial charge in [-0.1, -0.05) is 13.8 Å². The first kappa shape index (κ1) is 15.8. The van der Waals surface area contributed by atoms with E-state index in [1.54, 1.807) is 0 Å². The molecule has 0 bridgehead atoms. The molecule has 1 N–H and O–H groups in total. The van der Waals surface area contributed by atoms with Crippen LogP contribution in [0.5, 0.6) is 0 Å². The summed E-state index contributed by atoms with van der Waals surface area (Å²) in [6.07, 6.45) is 6.18. The van der Waals surface area contributed by atoms with Gasteiger partial charge in [0.2, 0.25) is 5.91 Å². The van der Waals surface area contributed by atoms with Gasteiger partial charge in [0.25, 0.3) is 0 Å². The third-order valence-electron chi connectivity index (χ3n) is 4.33. The molecule has 4 heteroatoms. The van der Waals surface area contributed by atoms with Crippen molar-refractivity contribution in [1.29, 1.82) is 0 Å². The molecule has 2 aliphatic heterocycles. The summed E-state index contributed by atoms with van der Waals surface area (Å²) < 4.78 is 0. The van der Waals surface area contributed by atoms with Crippen molar-refractivity contribution < 1.29 is 4.79 Å². The zero-order valence-corrected chi connectivity index (χ0v) is 13.2. The lowest BCUT2D eigenvalue weighted by Gasteiger charge is -2.31. The Morgan fingerprint density at radius 3 is 2.60 bits per heavy atom. The molecule has 20 heavy (non-hydrogen) atoms. The van der Waals surface area contributed by atoms with E-state index in [4.69, 9.17) is 0 Å². The monoisotopic (exact) mass is 281 g/mol. The molecule has 116 valence electrons. The van der Waals surface area contributed by atoms with E-state index >= 15 is 0 Å². The first-order valence-electron chi connectivity index (χ1n) is 8.38. The Labute approximate surface area is 123 Å². The Kier molecular flexibility index (Phi) is 6.30. The van der Waals surface area contributed by atoms with E-state index in [9.17, 15) is 4.79 Å². The second-order valence-electron chi connectivity index (χ2n) is 6.82. The van der Waals surface area contributed by atoms with Crippen molar-refractivity contribution in [3.63, 3.8) is 0 Å². The zero-order chi connectivity index (χ0) is 14.4. The third-order valence-corrected chi connectivity index (χ3v) is 4.33. The maximum atomic E-state index is 12.4. The summed E-state index contributed by atoms with van der Waals surface area (Å²) in [6, 6.07) is 0.586. The van der Waals surface area contributed by atoms with E-state index in [1.165, 1.54) is 32.1 Å². The minimum Gasteiger partial charge on any atom is -0.342 e. The van der Waals surface area contributed by atoms with Gasteiger partial charge in [-0.05, 0) is 44.6 Å². The molecule has 4 nitrogen and oxygen atoms in total. The third kappa shape index (κ3) is 5.06. The van der Waals surface area contributed by atoms with E-state index in [0.29, 0.717) is 24.4 Å². The standard InChI is InChI=1S/C16H31N3O/c1-14(2)11-18(12-15-7-6-8-17-15)13-16(20)19-9-4-3-5-10-19/h14-15,17H,3-13H2,1-2H3. The molecular formula is C16H31N3O. The van der Waals surface area contributed by atoms with Crippen molar-refractivity contribution in [3.05, 3.63) is 0 Å². The molecule has 1 unspecified atom stereocenters. The Morgan fingerprint density at radius 2 is 2.00 bits per heavy atom. The molecule has 1 atom stereocenters. The fourth-order valence-corrected chi connectivity index (χ4v) is 3.38. The van der Waals surface area contributed by atoms with Crippen LogP contribution in [0.3, 0.4) is 0 Å². The van der Waals surface area contributed by atoms with E-state index in [1.807, 2.05) is 0 Å². The van der Waals surface area contributed by atoms with E-state index in [-0.39, 0.29) is 0 Å². The number of piperidine rings is 1. The number of hydrogen-bond donors (Lipinski definition) is 1. The molecule has 0 radical (unpaired) electrons. The summed E-state index contributed by atoms with van der Waals surface area (Å²) in [5, 5.41) is 3.55. The number of likely N-dealkylation sites (tertiary alicyclic amines) is 1. The fraction of sp³-hybridized carbons (Fsp3) is 0.938. The van der Waals surface area contributed by atoms with E-state index < -0.39 is 0 Å². The summed E-state index contributed by atoms with van der Waals surface area (Å²) in [6.45, 7) is 10.2. The summed E-state index contributed by atoms with van der Waals surface area (Å²) in [4.78, 5) is 16.9. The Hall–Kier alpha value is -0.610. The normalized spacial score (nSPS) is 23.8. The molecule has 0 aliphatic carbocycles. The van der Waals surface area contributed by atoms with Gasteiger partial charge in [0.1, 0.15) is 0 Å². The molecule has 2 aliphatic rings. The lowest BCUT2D eigenvalue weighted by molar-refractivity contribution is -0.133. The molecule has 0 aromatic rings. The van der Waals surface area contributed by atoms with Crippen LogP contribution >= 0.6 is 0 Å². The molecule has 1 amide bonds. The highest BCUT2D eigenvalue weighted by molar-refractivity contribution is 5.78. The molecule has 0 saturated carbocycles. The average Bonchev–Trinajstić information content (AvgIpc) is 2.91. The molecule has 0 spiro atoms.